The van der Waals surface area contributed by atoms with Crippen LogP contribution in [0.1, 0.15) is 72.6 Å². The van der Waals surface area contributed by atoms with E-state index in [0.29, 0.717) is 16.3 Å². The van der Waals surface area contributed by atoms with Crippen molar-refractivity contribution < 1.29 is 32.6 Å². The monoisotopic (exact) mass is 576 g/mol. The van der Waals surface area contributed by atoms with E-state index in [4.69, 9.17) is 9.47 Å². The topological polar surface area (TPSA) is 69.7 Å². The fraction of sp³-hybridized carbons (Fsp3) is 0.348. The molecule has 0 aliphatic heterocycles. The molecule has 0 radical (unpaired) electrons. The summed E-state index contributed by atoms with van der Waals surface area (Å²) in [6.45, 7) is 10.5. The average molecular weight is 578 g/mol. The van der Waals surface area contributed by atoms with Gasteiger partial charge < -0.3 is 9.47 Å². The number of benzene rings is 2. The van der Waals surface area contributed by atoms with Crippen LogP contribution in [0.5, 0.6) is 0 Å². The quantitative estimate of drug-likeness (QED) is 0.293. The van der Waals surface area contributed by atoms with Crippen LogP contribution in [0.15, 0.2) is 39.3 Å². The number of hydrogen-bond donors (Lipinski definition) is 0. The minimum Gasteiger partial charge on any atom is -0.456 e. The maximum atomic E-state index is 13.2. The van der Waals surface area contributed by atoms with Crippen molar-refractivity contribution in [3.63, 3.8) is 0 Å². The van der Waals surface area contributed by atoms with Crippen molar-refractivity contribution in [2.24, 2.45) is 0 Å². The Morgan fingerprint density at radius 3 is 1.75 bits per heavy atom. The summed E-state index contributed by atoms with van der Waals surface area (Å²) >= 11 is 6.14. The van der Waals surface area contributed by atoms with Crippen LogP contribution in [0.2, 0.25) is 0 Å². The molecule has 2 aromatic rings. The summed E-state index contributed by atoms with van der Waals surface area (Å²) in [5.41, 5.74) is -0.930. The van der Waals surface area contributed by atoms with Crippen LogP contribution in [-0.4, -0.2) is 29.4 Å². The molecular formula is C23H24Br2F2O5. The largest absolute Gasteiger partial charge is 0.456 e. The highest BCUT2D eigenvalue weighted by molar-refractivity contribution is 9.10. The lowest BCUT2D eigenvalue weighted by Crippen LogP contribution is -2.24. The first-order valence-electron chi connectivity index (χ1n) is 9.40. The van der Waals surface area contributed by atoms with E-state index >= 15 is 0 Å². The zero-order valence-corrected chi connectivity index (χ0v) is 21.7. The Morgan fingerprint density at radius 1 is 0.844 bits per heavy atom. The normalized spacial score (nSPS) is 11.2. The minimum atomic E-state index is -0.681. The van der Waals surface area contributed by atoms with Gasteiger partial charge in [0.05, 0.1) is 16.7 Å². The van der Waals surface area contributed by atoms with Crippen molar-refractivity contribution in [1.29, 1.82) is 0 Å². The molecule has 0 aromatic heterocycles. The maximum absolute atomic E-state index is 13.2. The van der Waals surface area contributed by atoms with E-state index in [1.54, 1.807) is 41.5 Å². The zero-order valence-electron chi connectivity index (χ0n) is 18.5. The summed E-state index contributed by atoms with van der Waals surface area (Å²) in [5, 5.41) is 0. The Hall–Kier alpha value is -2.13. The average Bonchev–Trinajstić information content (AvgIpc) is 2.59. The number of carbonyl (C=O) groups is 3. The fourth-order valence-corrected chi connectivity index (χ4v) is 3.25. The van der Waals surface area contributed by atoms with Crippen molar-refractivity contribution in [2.75, 3.05) is 0 Å². The number of esters is 2. The lowest BCUT2D eigenvalue weighted by molar-refractivity contribution is 0.00558. The summed E-state index contributed by atoms with van der Waals surface area (Å²) in [4.78, 5) is 34.1. The third-order valence-electron chi connectivity index (χ3n) is 3.41. The maximum Gasteiger partial charge on any atom is 0.339 e. The van der Waals surface area contributed by atoms with E-state index in [2.05, 4.69) is 31.9 Å². The first-order valence-corrected chi connectivity index (χ1v) is 11.0. The number of hydrogen-bond acceptors (Lipinski definition) is 5. The standard InChI is InChI=1S/C12H12BrFO3.C11H12BrFO2/c1-12(2,3)17-11(16)7-4-5-9(14)8(6-15)10(7)13;1-11(2,3)15-10(14)8-5-4-7(13)6-9(8)12/h4-6H,1-3H3;4-6H,1-3H3. The molecular weight excluding hydrogens is 554 g/mol. The van der Waals surface area contributed by atoms with Gasteiger partial charge in [-0.3, -0.25) is 4.79 Å². The molecule has 0 amide bonds. The SMILES string of the molecule is CC(C)(C)OC(=O)c1ccc(F)c(C=O)c1Br.CC(C)(C)OC(=O)c1ccc(F)cc1Br. The number of halogens is 4. The van der Waals surface area contributed by atoms with Gasteiger partial charge in [0, 0.05) is 8.95 Å². The van der Waals surface area contributed by atoms with E-state index in [1.165, 1.54) is 24.3 Å². The van der Waals surface area contributed by atoms with Crippen molar-refractivity contribution in [3.05, 3.63) is 67.6 Å². The summed E-state index contributed by atoms with van der Waals surface area (Å²) in [6, 6.07) is 6.20. The molecule has 0 unspecified atom stereocenters. The Kier molecular flexibility index (Phi) is 9.71. The van der Waals surface area contributed by atoms with Crippen molar-refractivity contribution in [2.45, 2.75) is 52.7 Å². The minimum absolute atomic E-state index is 0.113. The summed E-state index contributed by atoms with van der Waals surface area (Å²) in [7, 11) is 0. The molecule has 0 atom stereocenters. The molecule has 0 spiro atoms. The molecule has 0 N–H and O–H groups in total. The fourth-order valence-electron chi connectivity index (χ4n) is 2.16. The third-order valence-corrected chi connectivity index (χ3v) is 4.92. The molecule has 0 fully saturated rings. The van der Waals surface area contributed by atoms with E-state index < -0.39 is 34.8 Å². The van der Waals surface area contributed by atoms with E-state index in [1.807, 2.05) is 0 Å². The molecule has 5 nitrogen and oxygen atoms in total. The van der Waals surface area contributed by atoms with Gasteiger partial charge in [-0.1, -0.05) is 0 Å². The Morgan fingerprint density at radius 2 is 1.31 bits per heavy atom. The summed E-state index contributed by atoms with van der Waals surface area (Å²) < 4.78 is 36.8. The predicted molar refractivity (Wildman–Crippen MR) is 124 cm³/mol. The van der Waals surface area contributed by atoms with Crippen molar-refractivity contribution in [1.82, 2.24) is 0 Å². The van der Waals surface area contributed by atoms with E-state index in [9.17, 15) is 23.2 Å². The smallest absolute Gasteiger partial charge is 0.339 e. The van der Waals surface area contributed by atoms with Crippen LogP contribution in [-0.2, 0) is 9.47 Å². The second-order valence-corrected chi connectivity index (χ2v) is 10.2. The van der Waals surface area contributed by atoms with Crippen molar-refractivity contribution in [3.8, 4) is 0 Å². The number of ether oxygens (including phenoxy) is 2. The first kappa shape index (κ1) is 27.9. The first-order chi connectivity index (χ1) is 14.6. The zero-order chi connectivity index (χ0) is 24.9. The van der Waals surface area contributed by atoms with Crippen LogP contribution in [0.3, 0.4) is 0 Å². The molecule has 2 aromatic carbocycles. The molecule has 0 aliphatic carbocycles. The van der Waals surface area contributed by atoms with Gasteiger partial charge in [-0.2, -0.15) is 0 Å². The van der Waals surface area contributed by atoms with Gasteiger partial charge in [0.15, 0.2) is 6.29 Å². The van der Waals surface area contributed by atoms with Gasteiger partial charge in [-0.25, -0.2) is 18.4 Å². The molecule has 32 heavy (non-hydrogen) atoms. The highest BCUT2D eigenvalue weighted by Gasteiger charge is 2.22. The highest BCUT2D eigenvalue weighted by Crippen LogP contribution is 2.25. The Bertz CT molecular complexity index is 1010. The Balaban J connectivity index is 0.000000323. The van der Waals surface area contributed by atoms with Gasteiger partial charge in [0.25, 0.3) is 0 Å². The lowest BCUT2D eigenvalue weighted by atomic mass is 10.1. The lowest BCUT2D eigenvalue weighted by Gasteiger charge is -2.20. The Labute approximate surface area is 202 Å². The highest BCUT2D eigenvalue weighted by atomic mass is 79.9. The molecule has 0 saturated carbocycles. The van der Waals surface area contributed by atoms with Crippen LogP contribution in [0, 0.1) is 11.6 Å². The van der Waals surface area contributed by atoms with Crippen LogP contribution < -0.4 is 0 Å². The van der Waals surface area contributed by atoms with Crippen LogP contribution in [0.25, 0.3) is 0 Å². The molecule has 9 heteroatoms. The van der Waals surface area contributed by atoms with Crippen LogP contribution >= 0.6 is 31.9 Å². The molecule has 0 bridgehead atoms. The molecule has 0 aliphatic rings. The second kappa shape index (κ2) is 11.1. The molecule has 0 saturated heterocycles. The van der Waals surface area contributed by atoms with Gasteiger partial charge in [0.1, 0.15) is 22.8 Å². The summed E-state index contributed by atoms with van der Waals surface area (Å²) in [5.74, 6) is -2.14. The summed E-state index contributed by atoms with van der Waals surface area (Å²) in [6.07, 6.45) is 0.354. The number of carbonyl (C=O) groups excluding carboxylic acids is 3. The second-order valence-electron chi connectivity index (χ2n) is 8.57. The van der Waals surface area contributed by atoms with Gasteiger partial charge in [-0.15, -0.1) is 0 Å². The predicted octanol–water partition coefficient (Wildman–Crippen LogP) is 6.90. The number of aldehydes is 1. The molecule has 0 heterocycles. The van der Waals surface area contributed by atoms with Crippen molar-refractivity contribution >= 4 is 50.1 Å². The molecule has 174 valence electrons. The van der Waals surface area contributed by atoms with Crippen LogP contribution in [0.4, 0.5) is 8.78 Å². The number of rotatable bonds is 3. The molecule has 2 rings (SSSR count). The van der Waals surface area contributed by atoms with Gasteiger partial charge in [-0.05, 0) is 104 Å². The third kappa shape index (κ3) is 8.78. The van der Waals surface area contributed by atoms with Gasteiger partial charge in [0.2, 0.25) is 0 Å². The van der Waals surface area contributed by atoms with Gasteiger partial charge >= 0.3 is 11.9 Å². The van der Waals surface area contributed by atoms with E-state index in [-0.39, 0.29) is 15.6 Å². The van der Waals surface area contributed by atoms with E-state index in [0.717, 1.165) is 6.07 Å².